The summed E-state index contributed by atoms with van der Waals surface area (Å²) < 4.78 is 1.91. The van der Waals surface area contributed by atoms with E-state index in [1.54, 1.807) is 24.7 Å². The zero-order valence-corrected chi connectivity index (χ0v) is 9.93. The van der Waals surface area contributed by atoms with Crippen LogP contribution in [0.5, 0.6) is 0 Å². The van der Waals surface area contributed by atoms with Crippen LogP contribution in [0.2, 0.25) is 0 Å². The molecule has 0 aliphatic carbocycles. The highest BCUT2D eigenvalue weighted by Gasteiger charge is 2.06. The molecule has 3 rings (SSSR count). The average molecular weight is 254 g/mol. The molecule has 19 heavy (non-hydrogen) atoms. The maximum absolute atomic E-state index is 10.6. The van der Waals surface area contributed by atoms with E-state index in [2.05, 4.69) is 9.97 Å². The van der Waals surface area contributed by atoms with E-state index in [0.717, 1.165) is 16.7 Å². The van der Waals surface area contributed by atoms with Gasteiger partial charge in [-0.1, -0.05) is 12.1 Å². The molecule has 0 bridgehead atoms. The van der Waals surface area contributed by atoms with Gasteiger partial charge in [-0.3, -0.25) is 10.1 Å². The van der Waals surface area contributed by atoms with Crippen molar-refractivity contribution in [3.05, 3.63) is 64.6 Å². The molecule has 0 spiro atoms. The predicted molar refractivity (Wildman–Crippen MR) is 69.7 cm³/mol. The highest BCUT2D eigenvalue weighted by molar-refractivity contribution is 5.70. The summed E-state index contributed by atoms with van der Waals surface area (Å²) in [5.41, 5.74) is 2.71. The standard InChI is InChI=1S/C13H10N4O2/c18-17(19)11-5-3-10(4-6-11)8-16-9-15-12-2-1-7-14-13(12)16/h1-7,9H,8H2. The molecule has 0 aliphatic heterocycles. The molecule has 0 fully saturated rings. The normalized spacial score (nSPS) is 10.7. The lowest BCUT2D eigenvalue weighted by Gasteiger charge is -2.03. The van der Waals surface area contributed by atoms with Crippen molar-refractivity contribution >= 4 is 16.9 Å². The number of rotatable bonds is 3. The second kappa shape index (κ2) is 4.49. The molecule has 94 valence electrons. The number of nitro groups is 1. The SMILES string of the molecule is O=[N+]([O-])c1ccc(Cn2cnc3cccnc32)cc1. The summed E-state index contributed by atoms with van der Waals surface area (Å²) in [4.78, 5) is 18.7. The summed E-state index contributed by atoms with van der Waals surface area (Å²) >= 11 is 0. The van der Waals surface area contributed by atoms with Crippen LogP contribution in [0.3, 0.4) is 0 Å². The number of hydrogen-bond acceptors (Lipinski definition) is 4. The van der Waals surface area contributed by atoms with Gasteiger partial charge in [-0.15, -0.1) is 0 Å². The number of benzene rings is 1. The number of hydrogen-bond donors (Lipinski definition) is 0. The minimum Gasteiger partial charge on any atom is -0.311 e. The van der Waals surface area contributed by atoms with Crippen molar-refractivity contribution in [2.75, 3.05) is 0 Å². The van der Waals surface area contributed by atoms with Gasteiger partial charge in [0.1, 0.15) is 5.52 Å². The Balaban J connectivity index is 1.90. The first-order valence-corrected chi connectivity index (χ1v) is 5.73. The van der Waals surface area contributed by atoms with Crippen molar-refractivity contribution in [2.45, 2.75) is 6.54 Å². The van der Waals surface area contributed by atoms with E-state index in [4.69, 9.17) is 0 Å². The van der Waals surface area contributed by atoms with Crippen LogP contribution in [-0.2, 0) is 6.54 Å². The Morgan fingerprint density at radius 2 is 1.95 bits per heavy atom. The molecular weight excluding hydrogens is 244 g/mol. The summed E-state index contributed by atoms with van der Waals surface area (Å²) in [5, 5.41) is 10.6. The molecule has 0 N–H and O–H groups in total. The zero-order valence-electron chi connectivity index (χ0n) is 9.93. The zero-order chi connectivity index (χ0) is 13.2. The van der Waals surface area contributed by atoms with Gasteiger partial charge in [-0.2, -0.15) is 0 Å². The third kappa shape index (κ3) is 2.15. The van der Waals surface area contributed by atoms with Crippen molar-refractivity contribution in [1.29, 1.82) is 0 Å². The van der Waals surface area contributed by atoms with Crippen LogP contribution in [0.4, 0.5) is 5.69 Å². The number of aromatic nitrogens is 3. The number of non-ortho nitro benzene ring substituents is 1. The number of nitro benzene ring substituents is 1. The van der Waals surface area contributed by atoms with Crippen LogP contribution in [0.15, 0.2) is 48.9 Å². The van der Waals surface area contributed by atoms with Crippen molar-refractivity contribution in [2.24, 2.45) is 0 Å². The van der Waals surface area contributed by atoms with Gasteiger partial charge in [0.05, 0.1) is 17.8 Å². The summed E-state index contributed by atoms with van der Waals surface area (Å²) in [6.07, 6.45) is 3.44. The van der Waals surface area contributed by atoms with Crippen molar-refractivity contribution in [1.82, 2.24) is 14.5 Å². The lowest BCUT2D eigenvalue weighted by atomic mass is 10.2. The molecule has 2 heterocycles. The van der Waals surface area contributed by atoms with E-state index in [0.29, 0.717) is 6.54 Å². The minimum absolute atomic E-state index is 0.0948. The Hall–Kier alpha value is -2.76. The Morgan fingerprint density at radius 1 is 1.16 bits per heavy atom. The van der Waals surface area contributed by atoms with Gasteiger partial charge in [0.2, 0.25) is 0 Å². The van der Waals surface area contributed by atoms with Crippen LogP contribution in [0, 0.1) is 10.1 Å². The first kappa shape index (κ1) is 11.3. The fraction of sp³-hybridized carbons (Fsp3) is 0.0769. The molecule has 3 aromatic rings. The summed E-state index contributed by atoms with van der Waals surface area (Å²) in [7, 11) is 0. The maximum Gasteiger partial charge on any atom is 0.269 e. The molecular formula is C13H10N4O2. The fourth-order valence-electron chi connectivity index (χ4n) is 1.93. The summed E-state index contributed by atoms with van der Waals surface area (Å²) in [6, 6.07) is 10.2. The monoisotopic (exact) mass is 254 g/mol. The van der Waals surface area contributed by atoms with Crippen LogP contribution in [0.1, 0.15) is 5.56 Å². The molecule has 0 amide bonds. The number of imidazole rings is 1. The van der Waals surface area contributed by atoms with Crippen molar-refractivity contribution < 1.29 is 4.92 Å². The molecule has 1 aromatic carbocycles. The Kier molecular flexibility index (Phi) is 2.68. The van der Waals surface area contributed by atoms with Crippen LogP contribution >= 0.6 is 0 Å². The Labute approximate surface area is 108 Å². The quantitative estimate of drug-likeness (QED) is 0.531. The second-order valence-electron chi connectivity index (χ2n) is 4.14. The van der Waals surface area contributed by atoms with Gasteiger partial charge in [-0.25, -0.2) is 9.97 Å². The first-order chi connectivity index (χ1) is 9.24. The van der Waals surface area contributed by atoms with Gasteiger partial charge in [0, 0.05) is 18.3 Å². The first-order valence-electron chi connectivity index (χ1n) is 5.73. The molecule has 0 atom stereocenters. The van der Waals surface area contributed by atoms with Crippen LogP contribution < -0.4 is 0 Å². The van der Waals surface area contributed by atoms with E-state index >= 15 is 0 Å². The predicted octanol–water partition coefficient (Wildman–Crippen LogP) is 2.39. The van der Waals surface area contributed by atoms with E-state index in [9.17, 15) is 10.1 Å². The molecule has 0 saturated carbocycles. The highest BCUT2D eigenvalue weighted by Crippen LogP contribution is 2.15. The van der Waals surface area contributed by atoms with Crippen molar-refractivity contribution in [3.63, 3.8) is 0 Å². The Bertz CT molecular complexity index is 734. The van der Waals surface area contributed by atoms with Gasteiger partial charge < -0.3 is 4.57 Å². The molecule has 2 aromatic heterocycles. The molecule has 0 saturated heterocycles. The van der Waals surface area contributed by atoms with Gasteiger partial charge in [0.25, 0.3) is 5.69 Å². The van der Waals surface area contributed by atoms with Gasteiger partial charge in [-0.05, 0) is 17.7 Å². The Morgan fingerprint density at radius 3 is 2.68 bits per heavy atom. The molecule has 0 aliphatic rings. The second-order valence-corrected chi connectivity index (χ2v) is 4.14. The highest BCUT2D eigenvalue weighted by atomic mass is 16.6. The number of nitrogens with zero attached hydrogens (tertiary/aromatic N) is 4. The lowest BCUT2D eigenvalue weighted by Crippen LogP contribution is -1.99. The number of pyridine rings is 1. The minimum atomic E-state index is -0.405. The van der Waals surface area contributed by atoms with Crippen LogP contribution in [-0.4, -0.2) is 19.5 Å². The molecule has 6 nitrogen and oxygen atoms in total. The summed E-state index contributed by atoms with van der Waals surface area (Å²) in [5.74, 6) is 0. The van der Waals surface area contributed by atoms with E-state index < -0.39 is 4.92 Å². The van der Waals surface area contributed by atoms with E-state index in [1.807, 2.05) is 16.7 Å². The molecule has 6 heteroatoms. The van der Waals surface area contributed by atoms with Gasteiger partial charge in [0.15, 0.2) is 5.65 Å². The molecule has 0 radical (unpaired) electrons. The van der Waals surface area contributed by atoms with Crippen molar-refractivity contribution in [3.8, 4) is 0 Å². The van der Waals surface area contributed by atoms with Crippen LogP contribution in [0.25, 0.3) is 11.2 Å². The smallest absolute Gasteiger partial charge is 0.269 e. The van der Waals surface area contributed by atoms with Gasteiger partial charge >= 0.3 is 0 Å². The van der Waals surface area contributed by atoms with E-state index in [-0.39, 0.29) is 5.69 Å². The maximum atomic E-state index is 10.6. The molecule has 0 unspecified atom stereocenters. The third-order valence-corrected chi connectivity index (χ3v) is 2.87. The fourth-order valence-corrected chi connectivity index (χ4v) is 1.93. The summed E-state index contributed by atoms with van der Waals surface area (Å²) in [6.45, 7) is 0.589. The topological polar surface area (TPSA) is 73.8 Å². The average Bonchev–Trinajstić information content (AvgIpc) is 2.83. The number of fused-ring (bicyclic) bond motifs is 1. The third-order valence-electron chi connectivity index (χ3n) is 2.87. The van der Waals surface area contributed by atoms with E-state index in [1.165, 1.54) is 12.1 Å². The largest absolute Gasteiger partial charge is 0.311 e. The lowest BCUT2D eigenvalue weighted by molar-refractivity contribution is -0.384.